The van der Waals surface area contributed by atoms with Crippen molar-refractivity contribution in [1.82, 2.24) is 0 Å². The predicted molar refractivity (Wildman–Crippen MR) is 47.9 cm³/mol. The molecule has 0 aliphatic heterocycles. The highest BCUT2D eigenvalue weighted by molar-refractivity contribution is 5.85. The van der Waals surface area contributed by atoms with Gasteiger partial charge in [-0.2, -0.15) is 0 Å². The Morgan fingerprint density at radius 3 is 2.92 bits per heavy atom. The van der Waals surface area contributed by atoms with Crippen LogP contribution >= 0.6 is 0 Å². The smallest absolute Gasteiger partial charge is 0.138 e. The van der Waals surface area contributed by atoms with Crippen molar-refractivity contribution in [2.45, 2.75) is 25.9 Å². The summed E-state index contributed by atoms with van der Waals surface area (Å²) in [6.07, 6.45) is 5.17. The Balaban J connectivity index is 2.10. The SMILES string of the molecule is C=C(/C=C\C)COC1CC(=O)C1. The maximum atomic E-state index is 10.6. The first-order valence-corrected chi connectivity index (χ1v) is 4.16. The summed E-state index contributed by atoms with van der Waals surface area (Å²) in [4.78, 5) is 10.6. The zero-order valence-electron chi connectivity index (χ0n) is 7.38. The first-order chi connectivity index (χ1) is 5.72. The third kappa shape index (κ3) is 2.62. The molecule has 0 aromatic carbocycles. The van der Waals surface area contributed by atoms with Crippen LogP contribution in [-0.2, 0) is 9.53 Å². The van der Waals surface area contributed by atoms with Crippen LogP contribution < -0.4 is 0 Å². The van der Waals surface area contributed by atoms with Crippen LogP contribution in [0.1, 0.15) is 19.8 Å². The Hall–Kier alpha value is -0.890. The summed E-state index contributed by atoms with van der Waals surface area (Å²) in [5, 5.41) is 0. The van der Waals surface area contributed by atoms with Gasteiger partial charge in [-0.25, -0.2) is 0 Å². The molecule has 0 unspecified atom stereocenters. The summed E-state index contributed by atoms with van der Waals surface area (Å²) in [6, 6.07) is 0. The lowest BCUT2D eigenvalue weighted by Gasteiger charge is -2.24. The molecule has 1 rings (SSSR count). The van der Waals surface area contributed by atoms with E-state index >= 15 is 0 Å². The van der Waals surface area contributed by atoms with Crippen LogP contribution in [0, 0.1) is 0 Å². The molecule has 0 radical (unpaired) electrons. The molecule has 0 spiro atoms. The first-order valence-electron chi connectivity index (χ1n) is 4.16. The third-order valence-corrected chi connectivity index (χ3v) is 1.82. The highest BCUT2D eigenvalue weighted by Gasteiger charge is 2.26. The van der Waals surface area contributed by atoms with Gasteiger partial charge in [0.25, 0.3) is 0 Å². The lowest BCUT2D eigenvalue weighted by Crippen LogP contribution is -2.31. The molecule has 0 aromatic heterocycles. The van der Waals surface area contributed by atoms with E-state index in [1.807, 2.05) is 19.1 Å². The minimum atomic E-state index is 0.152. The zero-order valence-corrected chi connectivity index (χ0v) is 7.38. The molecule has 0 saturated heterocycles. The van der Waals surface area contributed by atoms with Gasteiger partial charge in [0.1, 0.15) is 5.78 Å². The number of hydrogen-bond donors (Lipinski definition) is 0. The first kappa shape index (κ1) is 9.20. The largest absolute Gasteiger partial charge is 0.373 e. The van der Waals surface area contributed by atoms with Gasteiger partial charge in [0.05, 0.1) is 12.7 Å². The van der Waals surface area contributed by atoms with Crippen molar-refractivity contribution >= 4 is 5.78 Å². The van der Waals surface area contributed by atoms with E-state index in [1.165, 1.54) is 0 Å². The van der Waals surface area contributed by atoms with Gasteiger partial charge in [0, 0.05) is 12.8 Å². The number of allylic oxidation sites excluding steroid dienone is 1. The highest BCUT2D eigenvalue weighted by Crippen LogP contribution is 2.18. The van der Waals surface area contributed by atoms with Crippen molar-refractivity contribution < 1.29 is 9.53 Å². The molecule has 2 nitrogen and oxygen atoms in total. The molecular formula is C10H14O2. The molecule has 1 aliphatic carbocycles. The van der Waals surface area contributed by atoms with Gasteiger partial charge in [-0.1, -0.05) is 18.7 Å². The number of carbonyl (C=O) groups excluding carboxylic acids is 1. The third-order valence-electron chi connectivity index (χ3n) is 1.82. The molecule has 1 fully saturated rings. The summed E-state index contributed by atoms with van der Waals surface area (Å²) in [7, 11) is 0. The van der Waals surface area contributed by atoms with E-state index in [0.717, 1.165) is 5.57 Å². The van der Waals surface area contributed by atoms with E-state index in [1.54, 1.807) is 0 Å². The standard InChI is InChI=1S/C10H14O2/c1-3-4-8(2)7-12-10-5-9(11)6-10/h3-4,10H,2,5-7H2,1H3/b4-3-. The Bertz CT molecular complexity index is 208. The van der Waals surface area contributed by atoms with Gasteiger partial charge < -0.3 is 4.74 Å². The maximum absolute atomic E-state index is 10.6. The Morgan fingerprint density at radius 2 is 2.42 bits per heavy atom. The fraction of sp³-hybridized carbons (Fsp3) is 0.500. The Kier molecular flexibility index (Phi) is 3.23. The van der Waals surface area contributed by atoms with Crippen LogP contribution in [0.5, 0.6) is 0 Å². The molecule has 0 atom stereocenters. The van der Waals surface area contributed by atoms with E-state index < -0.39 is 0 Å². The molecule has 2 heteroatoms. The van der Waals surface area contributed by atoms with E-state index in [2.05, 4.69) is 6.58 Å². The normalized spacial score (nSPS) is 18.2. The number of ketones is 1. The second-order valence-corrected chi connectivity index (χ2v) is 3.04. The van der Waals surface area contributed by atoms with Gasteiger partial charge >= 0.3 is 0 Å². The topological polar surface area (TPSA) is 26.3 Å². The molecule has 0 heterocycles. The molecule has 0 N–H and O–H groups in total. The van der Waals surface area contributed by atoms with Crippen molar-refractivity contribution in [1.29, 1.82) is 0 Å². The van der Waals surface area contributed by atoms with Gasteiger partial charge in [-0.3, -0.25) is 4.79 Å². The lowest BCUT2D eigenvalue weighted by molar-refractivity contribution is -0.133. The highest BCUT2D eigenvalue weighted by atomic mass is 16.5. The van der Waals surface area contributed by atoms with Crippen molar-refractivity contribution in [3.63, 3.8) is 0 Å². The van der Waals surface area contributed by atoms with Crippen LogP contribution in [-0.4, -0.2) is 18.5 Å². The Labute approximate surface area is 72.9 Å². The van der Waals surface area contributed by atoms with Gasteiger partial charge in [-0.05, 0) is 12.5 Å². The van der Waals surface area contributed by atoms with E-state index in [9.17, 15) is 4.79 Å². The maximum Gasteiger partial charge on any atom is 0.138 e. The summed E-state index contributed by atoms with van der Waals surface area (Å²) >= 11 is 0. The fourth-order valence-electron chi connectivity index (χ4n) is 1.07. The van der Waals surface area contributed by atoms with Gasteiger partial charge in [0.15, 0.2) is 0 Å². The molecule has 12 heavy (non-hydrogen) atoms. The van der Waals surface area contributed by atoms with Crippen LogP contribution in [0.2, 0.25) is 0 Å². The van der Waals surface area contributed by atoms with Crippen molar-refractivity contribution in [3.05, 3.63) is 24.3 Å². The number of hydrogen-bond acceptors (Lipinski definition) is 2. The minimum Gasteiger partial charge on any atom is -0.373 e. The van der Waals surface area contributed by atoms with Gasteiger partial charge in [0.2, 0.25) is 0 Å². The fourth-order valence-corrected chi connectivity index (χ4v) is 1.07. The predicted octanol–water partition coefficient (Wildman–Crippen LogP) is 1.87. The zero-order chi connectivity index (χ0) is 8.97. The van der Waals surface area contributed by atoms with Crippen LogP contribution in [0.25, 0.3) is 0 Å². The summed E-state index contributed by atoms with van der Waals surface area (Å²) < 4.78 is 5.39. The van der Waals surface area contributed by atoms with Gasteiger partial charge in [-0.15, -0.1) is 0 Å². The lowest BCUT2D eigenvalue weighted by atomic mass is 9.94. The summed E-state index contributed by atoms with van der Waals surface area (Å²) in [5.74, 6) is 0.302. The van der Waals surface area contributed by atoms with Crippen molar-refractivity contribution in [2.24, 2.45) is 0 Å². The number of carbonyl (C=O) groups is 1. The van der Waals surface area contributed by atoms with Crippen LogP contribution in [0.3, 0.4) is 0 Å². The molecule has 0 amide bonds. The monoisotopic (exact) mass is 166 g/mol. The molecule has 66 valence electrons. The van der Waals surface area contributed by atoms with E-state index in [-0.39, 0.29) is 6.10 Å². The number of Topliss-reactive ketones (excluding diaryl/α,β-unsaturated/α-hetero) is 1. The van der Waals surface area contributed by atoms with Crippen LogP contribution in [0.15, 0.2) is 24.3 Å². The minimum absolute atomic E-state index is 0.152. The quantitative estimate of drug-likeness (QED) is 0.596. The Morgan fingerprint density at radius 1 is 1.75 bits per heavy atom. The van der Waals surface area contributed by atoms with E-state index in [4.69, 9.17) is 4.74 Å². The summed E-state index contributed by atoms with van der Waals surface area (Å²) in [6.45, 7) is 6.28. The molecule has 1 aliphatic rings. The van der Waals surface area contributed by atoms with Crippen molar-refractivity contribution in [2.75, 3.05) is 6.61 Å². The second kappa shape index (κ2) is 4.21. The molecule has 0 aromatic rings. The second-order valence-electron chi connectivity index (χ2n) is 3.04. The summed E-state index contributed by atoms with van der Waals surface area (Å²) in [5.41, 5.74) is 0.955. The number of ether oxygens (including phenoxy) is 1. The average molecular weight is 166 g/mol. The number of rotatable bonds is 4. The molecule has 1 saturated carbocycles. The van der Waals surface area contributed by atoms with E-state index in [0.29, 0.717) is 25.2 Å². The molecule has 0 bridgehead atoms. The van der Waals surface area contributed by atoms with Crippen molar-refractivity contribution in [3.8, 4) is 0 Å². The molecular weight excluding hydrogens is 152 g/mol. The van der Waals surface area contributed by atoms with Crippen LogP contribution in [0.4, 0.5) is 0 Å². The average Bonchev–Trinajstić information content (AvgIpc) is 1.96.